The van der Waals surface area contributed by atoms with Crippen molar-refractivity contribution >= 4 is 0 Å². The van der Waals surface area contributed by atoms with E-state index in [-0.39, 0.29) is 48.0 Å². The number of quaternary nitrogens is 2. The molecule has 4 heteroatoms. The highest BCUT2D eigenvalue weighted by Crippen LogP contribution is 1.13. The lowest BCUT2D eigenvalue weighted by Crippen LogP contribution is -3.02. The first kappa shape index (κ1) is 22.4. The maximum atomic E-state index is 3.49. The Bertz CT molecular complexity index is 24.2. The standard InChI is InChI=1S/C3H9N.C2H7N.2HI/c1-4(2)3;1-2-3;;/h1-3H3;2-3H2,1H3;2*1H. The van der Waals surface area contributed by atoms with Crippen LogP contribution in [0.3, 0.4) is 0 Å². The average molecular weight is 360 g/mol. The van der Waals surface area contributed by atoms with Gasteiger partial charge in [-0.05, 0) is 6.92 Å². The Morgan fingerprint density at radius 2 is 1.11 bits per heavy atom. The molecule has 0 rings (SSSR count). The van der Waals surface area contributed by atoms with Crippen molar-refractivity contribution in [1.82, 2.24) is 0 Å². The summed E-state index contributed by atoms with van der Waals surface area (Å²) in [5.41, 5.74) is 3.49. The predicted molar refractivity (Wildman–Crippen MR) is 32.2 cm³/mol. The Kier molecular flexibility index (Phi) is 56.7. The first-order valence-corrected chi connectivity index (χ1v) is 2.71. The van der Waals surface area contributed by atoms with Gasteiger partial charge in [-0.15, -0.1) is 0 Å². The molecule has 0 fully saturated rings. The smallest absolute Gasteiger partial charge is 0.0711 e. The van der Waals surface area contributed by atoms with Crippen molar-refractivity contribution in [2.24, 2.45) is 0 Å². The van der Waals surface area contributed by atoms with E-state index < -0.39 is 0 Å². The molecule has 0 amide bonds. The third-order valence-electron chi connectivity index (χ3n) is 0. The van der Waals surface area contributed by atoms with Gasteiger partial charge >= 0.3 is 0 Å². The summed E-state index contributed by atoms with van der Waals surface area (Å²) in [6.45, 7) is 3.01. The second kappa shape index (κ2) is 22.8. The Morgan fingerprint density at radius 1 is 1.11 bits per heavy atom. The highest BCUT2D eigenvalue weighted by Gasteiger charge is 1.61. The number of hydrogen-bond acceptors (Lipinski definition) is 0. The van der Waals surface area contributed by atoms with Crippen molar-refractivity contribution in [2.45, 2.75) is 6.92 Å². The van der Waals surface area contributed by atoms with Crippen LogP contribution < -0.4 is 58.6 Å². The van der Waals surface area contributed by atoms with Crippen LogP contribution in [0.4, 0.5) is 0 Å². The van der Waals surface area contributed by atoms with Gasteiger partial charge < -0.3 is 58.6 Å². The Balaban J connectivity index is -0.0000000233. The van der Waals surface area contributed by atoms with Gasteiger partial charge in [-0.3, -0.25) is 0 Å². The first-order chi connectivity index (χ1) is 3.15. The zero-order valence-electron chi connectivity index (χ0n) is 6.67. The van der Waals surface area contributed by atoms with Gasteiger partial charge in [0.2, 0.25) is 0 Å². The van der Waals surface area contributed by atoms with Crippen molar-refractivity contribution in [2.75, 3.05) is 27.7 Å². The van der Waals surface area contributed by atoms with Crippen LogP contribution in [0.1, 0.15) is 6.92 Å². The highest BCUT2D eigenvalue weighted by molar-refractivity contribution is 3.79. The third-order valence-corrected chi connectivity index (χ3v) is 0. The van der Waals surface area contributed by atoms with Crippen LogP contribution in [0.5, 0.6) is 0 Å². The van der Waals surface area contributed by atoms with Crippen LogP contribution in [-0.4, -0.2) is 27.7 Å². The average Bonchev–Trinajstić information content (AvgIpc) is 1.33. The second-order valence-corrected chi connectivity index (χ2v) is 2.00. The van der Waals surface area contributed by atoms with E-state index in [0.29, 0.717) is 0 Å². The second-order valence-electron chi connectivity index (χ2n) is 2.00. The fraction of sp³-hybridized carbons (Fsp3) is 1.00. The topological polar surface area (TPSA) is 32.1 Å². The van der Waals surface area contributed by atoms with E-state index in [1.807, 2.05) is 6.92 Å². The lowest BCUT2D eigenvalue weighted by atomic mass is 10.8. The molecule has 0 saturated heterocycles. The number of hydrogen-bond donors (Lipinski definition) is 2. The van der Waals surface area contributed by atoms with E-state index in [1.54, 1.807) is 0 Å². The number of nitrogens with one attached hydrogen (secondary N) is 1. The summed E-state index contributed by atoms with van der Waals surface area (Å²) in [6.07, 6.45) is 0. The van der Waals surface area contributed by atoms with Crippen LogP contribution in [0.2, 0.25) is 0 Å². The molecule has 4 N–H and O–H groups in total. The molecule has 0 heterocycles. The molecule has 9 heavy (non-hydrogen) atoms. The van der Waals surface area contributed by atoms with Crippen molar-refractivity contribution < 1.29 is 58.6 Å². The lowest BCUT2D eigenvalue weighted by molar-refractivity contribution is -0.836. The van der Waals surface area contributed by atoms with Gasteiger partial charge in [-0.2, -0.15) is 0 Å². The Morgan fingerprint density at radius 3 is 1.11 bits per heavy atom. The summed E-state index contributed by atoms with van der Waals surface area (Å²) in [7, 11) is 6.25. The Labute approximate surface area is 92.6 Å². The SMILES string of the molecule is CC[NH3+].C[NH+](C)C.[I-].[I-]. The number of rotatable bonds is 0. The van der Waals surface area contributed by atoms with E-state index in [0.717, 1.165) is 6.54 Å². The molecule has 0 aromatic rings. The molecule has 0 aromatic carbocycles. The molecule has 0 aliphatic rings. The summed E-state index contributed by atoms with van der Waals surface area (Å²) in [6, 6.07) is 0. The summed E-state index contributed by atoms with van der Waals surface area (Å²) in [4.78, 5) is 1.42. The van der Waals surface area contributed by atoms with E-state index >= 15 is 0 Å². The third kappa shape index (κ3) is 268. The van der Waals surface area contributed by atoms with Gasteiger partial charge in [0.1, 0.15) is 0 Å². The van der Waals surface area contributed by atoms with Gasteiger partial charge in [0.05, 0.1) is 27.7 Å². The molecule has 2 nitrogen and oxygen atoms in total. The van der Waals surface area contributed by atoms with Crippen LogP contribution in [-0.2, 0) is 0 Å². The van der Waals surface area contributed by atoms with E-state index in [4.69, 9.17) is 0 Å². The molecule has 62 valence electrons. The molecular formula is C5H18I2N2. The maximum absolute atomic E-state index is 3.49. The molecule has 0 spiro atoms. The van der Waals surface area contributed by atoms with Gasteiger partial charge in [0.15, 0.2) is 0 Å². The quantitative estimate of drug-likeness (QED) is 0.403. The lowest BCUT2D eigenvalue weighted by Gasteiger charge is -1.88. The minimum atomic E-state index is 0. The van der Waals surface area contributed by atoms with Gasteiger partial charge in [-0.25, -0.2) is 0 Å². The zero-order valence-corrected chi connectivity index (χ0v) is 11.0. The molecule has 0 saturated carbocycles. The van der Waals surface area contributed by atoms with Gasteiger partial charge in [0.25, 0.3) is 0 Å². The maximum Gasteiger partial charge on any atom is 0.0711 e. The molecule has 0 aliphatic heterocycles. The summed E-state index contributed by atoms with van der Waals surface area (Å²) < 4.78 is 0. The molecule has 0 bridgehead atoms. The minimum absolute atomic E-state index is 0. The molecule has 0 radical (unpaired) electrons. The van der Waals surface area contributed by atoms with Gasteiger partial charge in [0, 0.05) is 0 Å². The highest BCUT2D eigenvalue weighted by atomic mass is 127. The molecular weight excluding hydrogens is 342 g/mol. The molecule has 0 unspecified atom stereocenters. The zero-order chi connectivity index (χ0) is 6.28. The van der Waals surface area contributed by atoms with Gasteiger partial charge in [-0.1, -0.05) is 0 Å². The molecule has 0 atom stereocenters. The van der Waals surface area contributed by atoms with Crippen LogP contribution in [0.25, 0.3) is 0 Å². The van der Waals surface area contributed by atoms with E-state index in [1.165, 1.54) is 4.90 Å². The van der Waals surface area contributed by atoms with Crippen molar-refractivity contribution in [1.29, 1.82) is 0 Å². The molecule has 0 aromatic heterocycles. The van der Waals surface area contributed by atoms with Crippen LogP contribution in [0, 0.1) is 0 Å². The molecule has 0 aliphatic carbocycles. The van der Waals surface area contributed by atoms with Crippen LogP contribution in [0.15, 0.2) is 0 Å². The van der Waals surface area contributed by atoms with Crippen molar-refractivity contribution in [3.8, 4) is 0 Å². The fourth-order valence-electron chi connectivity index (χ4n) is 0. The van der Waals surface area contributed by atoms with E-state index in [2.05, 4.69) is 26.9 Å². The fourth-order valence-corrected chi connectivity index (χ4v) is 0. The largest absolute Gasteiger partial charge is 1.00 e. The first-order valence-electron chi connectivity index (χ1n) is 2.71. The van der Waals surface area contributed by atoms with Crippen molar-refractivity contribution in [3.05, 3.63) is 0 Å². The normalized spacial score (nSPS) is 6.00. The predicted octanol–water partition coefficient (Wildman–Crippen LogP) is -7.98. The summed E-state index contributed by atoms with van der Waals surface area (Å²) in [5.74, 6) is 0. The van der Waals surface area contributed by atoms with Crippen molar-refractivity contribution in [3.63, 3.8) is 0 Å². The number of halogens is 2. The minimum Gasteiger partial charge on any atom is -1.00 e. The summed E-state index contributed by atoms with van der Waals surface area (Å²) >= 11 is 0. The van der Waals surface area contributed by atoms with Crippen LogP contribution >= 0.6 is 0 Å². The summed E-state index contributed by atoms with van der Waals surface area (Å²) in [5, 5.41) is 0. The van der Waals surface area contributed by atoms with E-state index in [9.17, 15) is 0 Å². The monoisotopic (exact) mass is 360 g/mol. The Hall–Kier alpha value is 1.38.